The van der Waals surface area contributed by atoms with Gasteiger partial charge in [-0.1, -0.05) is 26.8 Å². The van der Waals surface area contributed by atoms with E-state index in [1.807, 2.05) is 0 Å². The van der Waals surface area contributed by atoms with Crippen LogP contribution in [-0.2, 0) is 0 Å². The Morgan fingerprint density at radius 2 is 2.18 bits per heavy atom. The van der Waals surface area contributed by atoms with Gasteiger partial charge in [0.15, 0.2) is 0 Å². The summed E-state index contributed by atoms with van der Waals surface area (Å²) < 4.78 is 0. The lowest BCUT2D eigenvalue weighted by molar-refractivity contribution is -0.384. The third kappa shape index (κ3) is 4.13. The van der Waals surface area contributed by atoms with Crippen LogP contribution in [0.5, 0.6) is 0 Å². The number of hydrogen-bond donors (Lipinski definition) is 1. The molecule has 1 aromatic rings. The monoisotopic (exact) mass is 303 g/mol. The van der Waals surface area contributed by atoms with E-state index in [4.69, 9.17) is 0 Å². The Morgan fingerprint density at radius 1 is 1.45 bits per heavy atom. The predicted molar refractivity (Wildman–Crippen MR) is 84.8 cm³/mol. The summed E-state index contributed by atoms with van der Waals surface area (Å²) in [6.45, 7) is 6.57. The number of nitrogens with one attached hydrogen (secondary N) is 1. The number of carbonyl (C=O) groups is 1. The highest BCUT2D eigenvalue weighted by Gasteiger charge is 2.29. The van der Waals surface area contributed by atoms with E-state index < -0.39 is 10.8 Å². The fraction of sp³-hybridized carbons (Fsp3) is 0.500. The summed E-state index contributed by atoms with van der Waals surface area (Å²) in [5.41, 5.74) is 3.82. The average molecular weight is 303 g/mol. The normalized spacial score (nSPS) is 22.3. The fourth-order valence-corrected chi connectivity index (χ4v) is 3.15. The molecule has 1 saturated carbocycles. The van der Waals surface area contributed by atoms with Gasteiger partial charge in [-0.15, -0.1) is 0 Å². The van der Waals surface area contributed by atoms with Crippen molar-refractivity contribution in [1.29, 1.82) is 0 Å². The molecule has 22 heavy (non-hydrogen) atoms. The largest absolute Gasteiger partial charge is 0.271 e. The first-order valence-electron chi connectivity index (χ1n) is 7.37. The van der Waals surface area contributed by atoms with E-state index >= 15 is 0 Å². The van der Waals surface area contributed by atoms with E-state index in [0.717, 1.165) is 25.0 Å². The number of rotatable bonds is 3. The standard InChI is InChI=1S/C16H21N3O3/c1-11-7-13(10-16(2,3)9-11)17-18-15(20)12-5-4-6-14(8-12)19(21)22/h4-6,8,11H,7,9-10H2,1-3H3,(H,18,20)/b17-13-/t11-/m0/s1. The van der Waals surface area contributed by atoms with E-state index in [1.54, 1.807) is 0 Å². The lowest BCUT2D eigenvalue weighted by atomic mass is 9.72. The maximum Gasteiger partial charge on any atom is 0.271 e. The molecule has 1 N–H and O–H groups in total. The fourth-order valence-electron chi connectivity index (χ4n) is 3.15. The van der Waals surface area contributed by atoms with Crippen LogP contribution in [0, 0.1) is 21.4 Å². The molecule has 118 valence electrons. The van der Waals surface area contributed by atoms with Crippen molar-refractivity contribution in [3.63, 3.8) is 0 Å². The number of nitrogens with zero attached hydrogens (tertiary/aromatic N) is 2. The zero-order valence-electron chi connectivity index (χ0n) is 13.1. The number of hydrazone groups is 1. The molecule has 1 fully saturated rings. The van der Waals surface area contributed by atoms with Gasteiger partial charge in [0.05, 0.1) is 4.92 Å². The number of amides is 1. The number of non-ortho nitro benzene ring substituents is 1. The van der Waals surface area contributed by atoms with Crippen molar-refractivity contribution in [2.24, 2.45) is 16.4 Å². The summed E-state index contributed by atoms with van der Waals surface area (Å²) >= 11 is 0. The van der Waals surface area contributed by atoms with Gasteiger partial charge in [0.1, 0.15) is 0 Å². The molecular weight excluding hydrogens is 282 g/mol. The topological polar surface area (TPSA) is 84.6 Å². The Labute approximate surface area is 129 Å². The van der Waals surface area contributed by atoms with Crippen molar-refractivity contribution >= 4 is 17.3 Å². The molecule has 1 atom stereocenters. The van der Waals surface area contributed by atoms with Crippen molar-refractivity contribution in [2.75, 3.05) is 0 Å². The maximum atomic E-state index is 12.1. The molecule has 6 nitrogen and oxygen atoms in total. The van der Waals surface area contributed by atoms with Crippen LogP contribution < -0.4 is 5.43 Å². The minimum atomic E-state index is -0.520. The Morgan fingerprint density at radius 3 is 2.82 bits per heavy atom. The summed E-state index contributed by atoms with van der Waals surface area (Å²) in [6, 6.07) is 5.64. The lowest BCUT2D eigenvalue weighted by Crippen LogP contribution is -2.30. The number of nitro benzene ring substituents is 1. The Bertz CT molecular complexity index is 623. The second-order valence-corrected chi connectivity index (χ2v) is 6.78. The second kappa shape index (κ2) is 6.25. The minimum Gasteiger partial charge on any atom is -0.267 e. The van der Waals surface area contributed by atoms with Gasteiger partial charge in [-0.25, -0.2) is 5.43 Å². The van der Waals surface area contributed by atoms with Crippen molar-refractivity contribution in [1.82, 2.24) is 5.43 Å². The number of nitro groups is 1. The minimum absolute atomic E-state index is 0.104. The summed E-state index contributed by atoms with van der Waals surface area (Å²) in [5.74, 6) is 0.115. The molecule has 0 unspecified atom stereocenters. The van der Waals surface area contributed by atoms with Gasteiger partial charge in [-0.3, -0.25) is 14.9 Å². The van der Waals surface area contributed by atoms with Gasteiger partial charge < -0.3 is 0 Å². The van der Waals surface area contributed by atoms with Gasteiger partial charge in [0.25, 0.3) is 11.6 Å². The summed E-state index contributed by atoms with van der Waals surface area (Å²) in [4.78, 5) is 22.3. The number of carbonyl (C=O) groups excluding carboxylic acids is 1. The Kier molecular flexibility index (Phi) is 4.59. The highest BCUT2D eigenvalue weighted by atomic mass is 16.6. The summed E-state index contributed by atoms with van der Waals surface area (Å²) in [5, 5.41) is 15.0. The highest BCUT2D eigenvalue weighted by molar-refractivity contribution is 5.96. The molecule has 0 heterocycles. The Balaban J connectivity index is 2.07. The molecule has 1 aromatic carbocycles. The molecule has 0 saturated heterocycles. The molecule has 0 aromatic heterocycles. The van der Waals surface area contributed by atoms with Crippen LogP contribution in [-0.4, -0.2) is 16.5 Å². The van der Waals surface area contributed by atoms with Crippen molar-refractivity contribution in [3.8, 4) is 0 Å². The first kappa shape index (κ1) is 16.1. The number of benzene rings is 1. The van der Waals surface area contributed by atoms with Crippen LogP contribution in [0.25, 0.3) is 0 Å². The van der Waals surface area contributed by atoms with E-state index in [0.29, 0.717) is 5.92 Å². The van der Waals surface area contributed by atoms with Crippen LogP contribution in [0.15, 0.2) is 29.4 Å². The van der Waals surface area contributed by atoms with Crippen molar-refractivity contribution in [2.45, 2.75) is 40.0 Å². The smallest absolute Gasteiger partial charge is 0.267 e. The molecule has 1 aliphatic carbocycles. The van der Waals surface area contributed by atoms with Gasteiger partial charge in [-0.05, 0) is 36.7 Å². The van der Waals surface area contributed by atoms with E-state index in [-0.39, 0.29) is 16.7 Å². The van der Waals surface area contributed by atoms with Gasteiger partial charge in [-0.2, -0.15) is 5.10 Å². The van der Waals surface area contributed by atoms with Gasteiger partial charge >= 0.3 is 0 Å². The molecule has 0 aliphatic heterocycles. The van der Waals surface area contributed by atoms with Crippen LogP contribution in [0.4, 0.5) is 5.69 Å². The Hall–Kier alpha value is -2.24. The summed E-state index contributed by atoms with van der Waals surface area (Å²) in [6.07, 6.45) is 2.87. The molecule has 6 heteroatoms. The molecule has 1 aliphatic rings. The third-order valence-electron chi connectivity index (χ3n) is 3.80. The summed E-state index contributed by atoms with van der Waals surface area (Å²) in [7, 11) is 0. The van der Waals surface area contributed by atoms with Crippen LogP contribution >= 0.6 is 0 Å². The van der Waals surface area contributed by atoms with Crippen molar-refractivity contribution in [3.05, 3.63) is 39.9 Å². The first-order chi connectivity index (χ1) is 10.3. The molecule has 1 amide bonds. The number of hydrogen-bond acceptors (Lipinski definition) is 4. The molecular formula is C16H21N3O3. The molecule has 2 rings (SSSR count). The molecule has 0 spiro atoms. The van der Waals surface area contributed by atoms with E-state index in [9.17, 15) is 14.9 Å². The van der Waals surface area contributed by atoms with Crippen LogP contribution in [0.1, 0.15) is 50.4 Å². The SMILES string of the molecule is C[C@H]1C/C(=N/NC(=O)c2cccc([N+](=O)[O-])c2)CC(C)(C)C1. The average Bonchev–Trinajstić information content (AvgIpc) is 2.42. The second-order valence-electron chi connectivity index (χ2n) is 6.78. The van der Waals surface area contributed by atoms with Gasteiger partial charge in [0.2, 0.25) is 0 Å². The van der Waals surface area contributed by atoms with Gasteiger partial charge in [0, 0.05) is 23.4 Å². The molecule has 0 radical (unpaired) electrons. The molecule has 0 bridgehead atoms. The van der Waals surface area contributed by atoms with Crippen LogP contribution in [0.3, 0.4) is 0 Å². The third-order valence-corrected chi connectivity index (χ3v) is 3.80. The lowest BCUT2D eigenvalue weighted by Gasteiger charge is -2.34. The van der Waals surface area contributed by atoms with E-state index in [1.165, 1.54) is 24.3 Å². The van der Waals surface area contributed by atoms with Crippen molar-refractivity contribution < 1.29 is 9.72 Å². The van der Waals surface area contributed by atoms with Crippen LogP contribution in [0.2, 0.25) is 0 Å². The quantitative estimate of drug-likeness (QED) is 0.684. The highest BCUT2D eigenvalue weighted by Crippen LogP contribution is 2.36. The maximum absolute atomic E-state index is 12.1. The van der Waals surface area contributed by atoms with E-state index in [2.05, 4.69) is 31.3 Å². The first-order valence-corrected chi connectivity index (χ1v) is 7.37. The predicted octanol–water partition coefficient (Wildman–Crippen LogP) is 3.53. The zero-order chi connectivity index (χ0) is 16.3. The zero-order valence-corrected chi connectivity index (χ0v) is 13.1.